The van der Waals surface area contributed by atoms with E-state index < -0.39 is 0 Å². The molecular weight excluding hydrogens is 306 g/mol. The average molecular weight is 323 g/mol. The van der Waals surface area contributed by atoms with Crippen molar-refractivity contribution in [3.63, 3.8) is 0 Å². The molecular formula is C18H17N3O3. The summed E-state index contributed by atoms with van der Waals surface area (Å²) < 4.78 is 6.55. The lowest BCUT2D eigenvalue weighted by Gasteiger charge is -2.11. The number of benzene rings is 1. The fraction of sp³-hybridized carbons (Fsp3) is 0.167. The fourth-order valence-corrected chi connectivity index (χ4v) is 2.50. The van der Waals surface area contributed by atoms with Gasteiger partial charge in [-0.05, 0) is 43.7 Å². The van der Waals surface area contributed by atoms with Gasteiger partial charge in [0.15, 0.2) is 0 Å². The number of nitrogens with one attached hydrogen (secondary N) is 1. The Labute approximate surface area is 138 Å². The summed E-state index contributed by atoms with van der Waals surface area (Å²) in [5, 5.41) is 2.67. The molecule has 3 rings (SSSR count). The lowest BCUT2D eigenvalue weighted by Crippen LogP contribution is -2.25. The number of hydrogen-bond donors (Lipinski definition) is 1. The molecule has 0 radical (unpaired) electrons. The van der Waals surface area contributed by atoms with Gasteiger partial charge in [0.1, 0.15) is 17.1 Å². The Morgan fingerprint density at radius 1 is 1.21 bits per heavy atom. The number of nitrogens with zero attached hydrogens (tertiary/aromatic N) is 2. The predicted molar refractivity (Wildman–Crippen MR) is 91.9 cm³/mol. The van der Waals surface area contributed by atoms with Gasteiger partial charge in [-0.15, -0.1) is 0 Å². The van der Waals surface area contributed by atoms with E-state index in [-0.39, 0.29) is 17.2 Å². The van der Waals surface area contributed by atoms with Crippen molar-refractivity contribution < 1.29 is 9.53 Å². The van der Waals surface area contributed by atoms with Crippen LogP contribution in [0.5, 0.6) is 5.75 Å². The number of amides is 1. The van der Waals surface area contributed by atoms with Gasteiger partial charge in [0.25, 0.3) is 11.5 Å². The third kappa shape index (κ3) is 2.74. The number of fused-ring (bicyclic) bond motifs is 1. The van der Waals surface area contributed by atoms with Crippen molar-refractivity contribution in [3.8, 4) is 5.75 Å². The Bertz CT molecular complexity index is 992. The molecule has 0 bridgehead atoms. The number of ether oxygens (including phenoxy) is 1. The zero-order valence-corrected chi connectivity index (χ0v) is 13.7. The molecule has 6 nitrogen and oxygen atoms in total. The topological polar surface area (TPSA) is 72.7 Å². The standard InChI is InChI=1S/C18H17N3O3/c1-11-6-5-9-21-16(11)19-12(2)15(18(21)23)20-17(22)13-7-4-8-14(10-13)24-3/h4-10H,1-3H3,(H,20,22). The number of carbonyl (C=O) groups is 1. The van der Waals surface area contributed by atoms with E-state index in [1.54, 1.807) is 43.5 Å². The van der Waals surface area contributed by atoms with Crippen LogP contribution in [-0.2, 0) is 0 Å². The van der Waals surface area contributed by atoms with Crippen LogP contribution in [0.1, 0.15) is 21.6 Å². The smallest absolute Gasteiger partial charge is 0.281 e. The zero-order chi connectivity index (χ0) is 17.3. The summed E-state index contributed by atoms with van der Waals surface area (Å²) in [6.45, 7) is 3.59. The first-order chi connectivity index (χ1) is 11.5. The zero-order valence-electron chi connectivity index (χ0n) is 13.7. The lowest BCUT2D eigenvalue weighted by molar-refractivity contribution is 0.102. The minimum Gasteiger partial charge on any atom is -0.497 e. The van der Waals surface area contributed by atoms with Crippen LogP contribution in [0.3, 0.4) is 0 Å². The van der Waals surface area contributed by atoms with Crippen LogP contribution in [0.25, 0.3) is 5.65 Å². The van der Waals surface area contributed by atoms with Crippen LogP contribution < -0.4 is 15.6 Å². The first kappa shape index (κ1) is 15.7. The number of rotatable bonds is 3. The largest absolute Gasteiger partial charge is 0.497 e. The first-order valence-electron chi connectivity index (χ1n) is 7.45. The van der Waals surface area contributed by atoms with Gasteiger partial charge in [-0.2, -0.15) is 0 Å². The molecule has 0 aliphatic heterocycles. The molecule has 1 amide bonds. The maximum Gasteiger partial charge on any atom is 0.281 e. The fourth-order valence-electron chi connectivity index (χ4n) is 2.50. The van der Waals surface area contributed by atoms with Crippen LogP contribution in [-0.4, -0.2) is 22.4 Å². The molecule has 6 heteroatoms. The molecule has 0 spiro atoms. The molecule has 0 saturated heterocycles. The minimum absolute atomic E-state index is 0.172. The summed E-state index contributed by atoms with van der Waals surface area (Å²) in [4.78, 5) is 29.6. The van der Waals surface area contributed by atoms with E-state index in [9.17, 15) is 9.59 Å². The van der Waals surface area contributed by atoms with Crippen LogP contribution in [0.4, 0.5) is 5.69 Å². The lowest BCUT2D eigenvalue weighted by atomic mass is 10.2. The van der Waals surface area contributed by atoms with Crippen molar-refractivity contribution in [3.05, 3.63) is 69.8 Å². The molecule has 2 aromatic heterocycles. The highest BCUT2D eigenvalue weighted by Gasteiger charge is 2.15. The Balaban J connectivity index is 2.04. The predicted octanol–water partition coefficient (Wildman–Crippen LogP) is 2.57. The van der Waals surface area contributed by atoms with Crippen molar-refractivity contribution in [2.45, 2.75) is 13.8 Å². The van der Waals surface area contributed by atoms with E-state index >= 15 is 0 Å². The SMILES string of the molecule is COc1cccc(C(=O)Nc2c(C)nc3c(C)cccn3c2=O)c1. The highest BCUT2D eigenvalue weighted by molar-refractivity contribution is 6.04. The van der Waals surface area contributed by atoms with E-state index in [0.29, 0.717) is 22.7 Å². The van der Waals surface area contributed by atoms with Crippen molar-refractivity contribution in [2.75, 3.05) is 12.4 Å². The average Bonchev–Trinajstić information content (AvgIpc) is 2.59. The number of hydrogen-bond acceptors (Lipinski definition) is 4. The number of anilines is 1. The van der Waals surface area contributed by atoms with Crippen LogP contribution >= 0.6 is 0 Å². The minimum atomic E-state index is -0.386. The maximum atomic E-state index is 12.7. The van der Waals surface area contributed by atoms with Crippen LogP contribution in [0, 0.1) is 13.8 Å². The van der Waals surface area contributed by atoms with E-state index in [2.05, 4.69) is 10.3 Å². The second-order valence-electron chi connectivity index (χ2n) is 5.45. The molecule has 0 aliphatic carbocycles. The molecule has 2 heterocycles. The summed E-state index contributed by atoms with van der Waals surface area (Å²) in [5.41, 5.74) is 2.22. The van der Waals surface area contributed by atoms with Gasteiger partial charge in [-0.25, -0.2) is 4.98 Å². The van der Waals surface area contributed by atoms with Crippen molar-refractivity contribution in [1.29, 1.82) is 0 Å². The van der Waals surface area contributed by atoms with Crippen LogP contribution in [0.15, 0.2) is 47.4 Å². The van der Waals surface area contributed by atoms with Gasteiger partial charge in [-0.1, -0.05) is 12.1 Å². The maximum absolute atomic E-state index is 12.7. The first-order valence-corrected chi connectivity index (χ1v) is 7.45. The Kier molecular flexibility index (Phi) is 4.04. The Hall–Kier alpha value is -3.15. The van der Waals surface area contributed by atoms with Crippen molar-refractivity contribution in [2.24, 2.45) is 0 Å². The molecule has 122 valence electrons. The summed E-state index contributed by atoms with van der Waals surface area (Å²) in [6, 6.07) is 10.4. The normalized spacial score (nSPS) is 10.6. The van der Waals surface area contributed by atoms with Crippen LogP contribution in [0.2, 0.25) is 0 Å². The Morgan fingerprint density at radius 2 is 2.00 bits per heavy atom. The number of aryl methyl sites for hydroxylation is 2. The highest BCUT2D eigenvalue weighted by Crippen LogP contribution is 2.16. The molecule has 0 unspecified atom stereocenters. The molecule has 0 aliphatic rings. The molecule has 0 fully saturated rings. The van der Waals surface area contributed by atoms with Gasteiger partial charge in [0, 0.05) is 11.8 Å². The summed E-state index contributed by atoms with van der Waals surface area (Å²) in [6.07, 6.45) is 1.64. The third-order valence-electron chi connectivity index (χ3n) is 3.80. The van der Waals surface area contributed by atoms with Gasteiger partial charge < -0.3 is 10.1 Å². The monoisotopic (exact) mass is 323 g/mol. The highest BCUT2D eigenvalue weighted by atomic mass is 16.5. The molecule has 0 saturated carbocycles. The van der Waals surface area contributed by atoms with Gasteiger partial charge in [0.05, 0.1) is 12.8 Å². The molecule has 3 aromatic rings. The van der Waals surface area contributed by atoms with Gasteiger partial charge >= 0.3 is 0 Å². The summed E-state index contributed by atoms with van der Waals surface area (Å²) >= 11 is 0. The summed E-state index contributed by atoms with van der Waals surface area (Å²) in [7, 11) is 1.53. The van der Waals surface area contributed by atoms with E-state index in [1.165, 1.54) is 11.5 Å². The molecule has 0 atom stereocenters. The van der Waals surface area contributed by atoms with Gasteiger partial charge in [-0.3, -0.25) is 14.0 Å². The van der Waals surface area contributed by atoms with Gasteiger partial charge in [0.2, 0.25) is 0 Å². The van der Waals surface area contributed by atoms with Crippen molar-refractivity contribution in [1.82, 2.24) is 9.38 Å². The van der Waals surface area contributed by atoms with E-state index in [1.807, 2.05) is 13.0 Å². The number of pyridine rings is 1. The molecule has 24 heavy (non-hydrogen) atoms. The second-order valence-corrected chi connectivity index (χ2v) is 5.45. The van der Waals surface area contributed by atoms with E-state index in [4.69, 9.17) is 4.74 Å². The number of methoxy groups -OCH3 is 1. The molecule has 1 N–H and O–H groups in total. The Morgan fingerprint density at radius 3 is 2.75 bits per heavy atom. The second kappa shape index (κ2) is 6.16. The molecule has 1 aromatic carbocycles. The number of carbonyl (C=O) groups excluding carboxylic acids is 1. The number of aromatic nitrogens is 2. The van der Waals surface area contributed by atoms with Crippen molar-refractivity contribution >= 4 is 17.2 Å². The summed E-state index contributed by atoms with van der Waals surface area (Å²) in [5.74, 6) is 0.187. The van der Waals surface area contributed by atoms with E-state index in [0.717, 1.165) is 5.56 Å². The quantitative estimate of drug-likeness (QED) is 0.804. The third-order valence-corrected chi connectivity index (χ3v) is 3.80.